The minimum absolute atomic E-state index is 0.0301. The molecule has 0 bridgehead atoms. The third-order valence-electron chi connectivity index (χ3n) is 3.51. The summed E-state index contributed by atoms with van der Waals surface area (Å²) in [5.74, 6) is -0.606. The van der Waals surface area contributed by atoms with E-state index < -0.39 is 11.9 Å². The van der Waals surface area contributed by atoms with Crippen LogP contribution < -0.4 is 4.74 Å². The quantitative estimate of drug-likeness (QED) is 0.395. The Morgan fingerprint density at radius 3 is 2.56 bits per heavy atom. The average Bonchev–Trinajstić information content (AvgIpc) is 3.06. The highest BCUT2D eigenvalue weighted by molar-refractivity contribution is 9.10. The van der Waals surface area contributed by atoms with Crippen LogP contribution in [0.15, 0.2) is 57.5 Å². The zero-order valence-electron chi connectivity index (χ0n) is 14.1. The summed E-state index contributed by atoms with van der Waals surface area (Å²) in [5.41, 5.74) is 0.992. The Bertz CT molecular complexity index is 987. The second-order valence-electron chi connectivity index (χ2n) is 5.30. The van der Waals surface area contributed by atoms with Gasteiger partial charge in [0.1, 0.15) is 10.2 Å². The minimum Gasteiger partial charge on any atom is -0.461 e. The van der Waals surface area contributed by atoms with E-state index in [1.54, 1.807) is 49.4 Å². The number of halogens is 2. The summed E-state index contributed by atoms with van der Waals surface area (Å²) in [7, 11) is 0. The summed E-state index contributed by atoms with van der Waals surface area (Å²) in [4.78, 5) is 24.0. The van der Waals surface area contributed by atoms with E-state index in [-0.39, 0.29) is 23.1 Å². The van der Waals surface area contributed by atoms with Crippen molar-refractivity contribution in [3.63, 3.8) is 0 Å². The fourth-order valence-corrected chi connectivity index (χ4v) is 3.00. The molecule has 0 spiro atoms. The van der Waals surface area contributed by atoms with Crippen molar-refractivity contribution in [2.45, 2.75) is 6.92 Å². The van der Waals surface area contributed by atoms with E-state index in [0.717, 1.165) is 0 Å². The summed E-state index contributed by atoms with van der Waals surface area (Å²) < 4.78 is 15.8. The molecule has 6 nitrogen and oxygen atoms in total. The number of rotatable bonds is 5. The Labute approximate surface area is 168 Å². The molecule has 0 unspecified atom stereocenters. The van der Waals surface area contributed by atoms with Crippen molar-refractivity contribution in [2.75, 3.05) is 6.61 Å². The highest BCUT2D eigenvalue weighted by Crippen LogP contribution is 2.36. The number of ether oxygens (including phenoxy) is 2. The largest absolute Gasteiger partial charge is 0.461 e. The zero-order chi connectivity index (χ0) is 19.4. The molecule has 8 heteroatoms. The maximum atomic E-state index is 12.1. The van der Waals surface area contributed by atoms with E-state index in [4.69, 9.17) is 25.6 Å². The predicted molar refractivity (Wildman–Crippen MR) is 102 cm³/mol. The van der Waals surface area contributed by atoms with Crippen LogP contribution in [0, 0.1) is 0 Å². The molecule has 0 saturated heterocycles. The molecule has 2 aromatic carbocycles. The van der Waals surface area contributed by atoms with Gasteiger partial charge in [-0.25, -0.2) is 9.59 Å². The first-order chi connectivity index (χ1) is 13.0. The molecule has 0 N–H and O–H groups in total. The van der Waals surface area contributed by atoms with Crippen LogP contribution in [0.25, 0.3) is 11.3 Å². The van der Waals surface area contributed by atoms with E-state index in [2.05, 4.69) is 21.1 Å². The van der Waals surface area contributed by atoms with Crippen molar-refractivity contribution in [1.82, 2.24) is 5.16 Å². The van der Waals surface area contributed by atoms with Gasteiger partial charge in [0.05, 0.1) is 17.2 Å². The fraction of sp³-hybridized carbons (Fsp3) is 0.105. The van der Waals surface area contributed by atoms with Gasteiger partial charge in [0, 0.05) is 5.56 Å². The highest BCUT2D eigenvalue weighted by Gasteiger charge is 2.23. The molecule has 0 aliphatic rings. The van der Waals surface area contributed by atoms with Gasteiger partial charge in [-0.2, -0.15) is 0 Å². The highest BCUT2D eigenvalue weighted by atomic mass is 79.9. The molecule has 1 aromatic heterocycles. The molecule has 0 saturated carbocycles. The second-order valence-corrected chi connectivity index (χ2v) is 6.50. The van der Waals surface area contributed by atoms with Crippen molar-refractivity contribution in [3.8, 4) is 17.1 Å². The predicted octanol–water partition coefficient (Wildman–Crippen LogP) is 5.15. The number of esters is 2. The van der Waals surface area contributed by atoms with Crippen LogP contribution in [-0.2, 0) is 4.74 Å². The zero-order valence-corrected chi connectivity index (χ0v) is 16.4. The SMILES string of the molecule is CCOC(=O)c1noc(-c2ccc(OC(=O)c3ccccc3)c(Cl)c2)c1Br. The van der Waals surface area contributed by atoms with Gasteiger partial charge in [0.15, 0.2) is 5.76 Å². The van der Waals surface area contributed by atoms with Crippen LogP contribution in [0.2, 0.25) is 5.02 Å². The molecule has 0 aliphatic carbocycles. The third-order valence-corrected chi connectivity index (χ3v) is 4.54. The average molecular weight is 451 g/mol. The molecule has 0 atom stereocenters. The summed E-state index contributed by atoms with van der Waals surface area (Å²) in [6, 6.07) is 13.3. The lowest BCUT2D eigenvalue weighted by atomic mass is 10.1. The standard InChI is InChI=1S/C19H13BrClNO5/c1-2-25-19(24)16-15(20)17(27-22-16)12-8-9-14(13(21)10-12)26-18(23)11-6-4-3-5-7-11/h3-10H,2H2,1H3. The van der Waals surface area contributed by atoms with Crippen molar-refractivity contribution < 1.29 is 23.6 Å². The summed E-state index contributed by atoms with van der Waals surface area (Å²) in [6.45, 7) is 1.92. The number of aromatic nitrogens is 1. The van der Waals surface area contributed by atoms with Crippen LogP contribution in [-0.4, -0.2) is 23.7 Å². The topological polar surface area (TPSA) is 78.6 Å². The number of carbonyl (C=O) groups is 2. The van der Waals surface area contributed by atoms with Gasteiger partial charge in [-0.1, -0.05) is 35.0 Å². The molecule has 0 aliphatic heterocycles. The third kappa shape index (κ3) is 4.20. The van der Waals surface area contributed by atoms with Gasteiger partial charge in [0.2, 0.25) is 5.69 Å². The van der Waals surface area contributed by atoms with Crippen molar-refractivity contribution >= 4 is 39.5 Å². The summed E-state index contributed by atoms with van der Waals surface area (Å²) in [5, 5.41) is 3.93. The maximum Gasteiger partial charge on any atom is 0.361 e. The summed E-state index contributed by atoms with van der Waals surface area (Å²) >= 11 is 9.52. The van der Waals surface area contributed by atoms with E-state index in [0.29, 0.717) is 21.4 Å². The first kappa shape index (κ1) is 19.1. The van der Waals surface area contributed by atoms with Gasteiger partial charge < -0.3 is 14.0 Å². The molecule has 3 rings (SSSR count). The molecule has 138 valence electrons. The fourth-order valence-electron chi connectivity index (χ4n) is 2.24. The van der Waals surface area contributed by atoms with Gasteiger partial charge in [0.25, 0.3) is 0 Å². The molecule has 1 heterocycles. The molecule has 0 fully saturated rings. The van der Waals surface area contributed by atoms with Crippen LogP contribution in [0.3, 0.4) is 0 Å². The first-order valence-corrected chi connectivity index (χ1v) is 9.07. The molecule has 27 heavy (non-hydrogen) atoms. The second kappa shape index (κ2) is 8.37. The lowest BCUT2D eigenvalue weighted by Gasteiger charge is -2.07. The van der Waals surface area contributed by atoms with Crippen LogP contribution >= 0.6 is 27.5 Å². The summed E-state index contributed by atoms with van der Waals surface area (Å²) in [6.07, 6.45) is 0. The van der Waals surface area contributed by atoms with Gasteiger partial charge in [-0.15, -0.1) is 0 Å². The molecule has 0 amide bonds. The Morgan fingerprint density at radius 2 is 1.89 bits per heavy atom. The number of carbonyl (C=O) groups excluding carboxylic acids is 2. The number of hydrogen-bond donors (Lipinski definition) is 0. The Balaban J connectivity index is 1.83. The molecule has 3 aromatic rings. The number of benzene rings is 2. The normalized spacial score (nSPS) is 10.5. The maximum absolute atomic E-state index is 12.1. The molecule has 0 radical (unpaired) electrons. The van der Waals surface area contributed by atoms with Gasteiger partial charge >= 0.3 is 11.9 Å². The van der Waals surface area contributed by atoms with E-state index in [9.17, 15) is 9.59 Å². The smallest absolute Gasteiger partial charge is 0.361 e. The van der Waals surface area contributed by atoms with Gasteiger partial charge in [-0.05, 0) is 53.2 Å². The lowest BCUT2D eigenvalue weighted by Crippen LogP contribution is -2.08. The van der Waals surface area contributed by atoms with Crippen LogP contribution in [0.4, 0.5) is 0 Å². The number of nitrogens with zero attached hydrogens (tertiary/aromatic N) is 1. The first-order valence-electron chi connectivity index (χ1n) is 7.90. The number of hydrogen-bond acceptors (Lipinski definition) is 6. The molecular weight excluding hydrogens is 438 g/mol. The van der Waals surface area contributed by atoms with Crippen LogP contribution in [0.1, 0.15) is 27.8 Å². The Hall–Kier alpha value is -2.64. The van der Waals surface area contributed by atoms with Crippen molar-refractivity contribution in [2.24, 2.45) is 0 Å². The van der Waals surface area contributed by atoms with E-state index >= 15 is 0 Å². The minimum atomic E-state index is -0.598. The lowest BCUT2D eigenvalue weighted by molar-refractivity contribution is 0.0513. The van der Waals surface area contributed by atoms with Gasteiger partial charge in [-0.3, -0.25) is 0 Å². The molecular formula is C19H13BrClNO5. The van der Waals surface area contributed by atoms with Crippen LogP contribution in [0.5, 0.6) is 5.75 Å². The van der Waals surface area contributed by atoms with E-state index in [1.807, 2.05) is 0 Å². The monoisotopic (exact) mass is 449 g/mol. The van der Waals surface area contributed by atoms with Crippen molar-refractivity contribution in [1.29, 1.82) is 0 Å². The Morgan fingerprint density at radius 1 is 1.15 bits per heavy atom. The Kier molecular flexibility index (Phi) is 5.93. The van der Waals surface area contributed by atoms with E-state index in [1.165, 1.54) is 6.07 Å². The van der Waals surface area contributed by atoms with Crippen molar-refractivity contribution in [3.05, 3.63) is 69.3 Å².